The fourth-order valence-electron chi connectivity index (χ4n) is 2.58. The molecule has 2 amide bonds. The van der Waals surface area contributed by atoms with Crippen LogP contribution in [0.2, 0.25) is 5.02 Å². The van der Waals surface area contributed by atoms with Gasteiger partial charge in [0.1, 0.15) is 6.54 Å². The molecule has 1 N–H and O–H groups in total. The van der Waals surface area contributed by atoms with Gasteiger partial charge in [0.15, 0.2) is 0 Å². The minimum absolute atomic E-state index is 0.100. The smallest absolute Gasteiger partial charge is 0.247 e. The molecule has 3 aromatic rings. The Kier molecular flexibility index (Phi) is 7.08. The van der Waals surface area contributed by atoms with Crippen molar-refractivity contribution in [3.63, 3.8) is 0 Å². The summed E-state index contributed by atoms with van der Waals surface area (Å²) in [6, 6.07) is 14.0. The van der Waals surface area contributed by atoms with E-state index in [9.17, 15) is 9.59 Å². The van der Waals surface area contributed by atoms with Gasteiger partial charge < -0.3 is 10.2 Å². The van der Waals surface area contributed by atoms with Crippen LogP contribution < -0.4 is 5.32 Å². The number of amides is 2. The highest BCUT2D eigenvalue weighted by Crippen LogP contribution is 2.14. The summed E-state index contributed by atoms with van der Waals surface area (Å²) in [6.07, 6.45) is 9.77. The molecular formula is C22H19ClN4O2. The Hall–Kier alpha value is -3.51. The van der Waals surface area contributed by atoms with E-state index in [1.807, 2.05) is 6.07 Å². The maximum Gasteiger partial charge on any atom is 0.247 e. The average molecular weight is 407 g/mol. The highest BCUT2D eigenvalue weighted by molar-refractivity contribution is 6.30. The molecule has 0 bridgehead atoms. The molecule has 1 aromatic carbocycles. The van der Waals surface area contributed by atoms with Gasteiger partial charge in [0.2, 0.25) is 11.8 Å². The fraction of sp³-hybridized carbons (Fsp3) is 0.0909. The van der Waals surface area contributed by atoms with Crippen LogP contribution in [0.4, 0.5) is 5.69 Å². The van der Waals surface area contributed by atoms with Gasteiger partial charge in [0.05, 0.1) is 0 Å². The molecule has 0 aliphatic carbocycles. The molecule has 0 radical (unpaired) electrons. The lowest BCUT2D eigenvalue weighted by atomic mass is 10.2. The number of anilines is 1. The van der Waals surface area contributed by atoms with Crippen LogP contribution in [0.25, 0.3) is 6.08 Å². The second-order valence-electron chi connectivity index (χ2n) is 6.22. The van der Waals surface area contributed by atoms with E-state index in [2.05, 4.69) is 15.3 Å². The number of nitrogens with one attached hydrogen (secondary N) is 1. The predicted molar refractivity (Wildman–Crippen MR) is 113 cm³/mol. The van der Waals surface area contributed by atoms with E-state index in [0.717, 1.165) is 11.1 Å². The summed E-state index contributed by atoms with van der Waals surface area (Å²) in [4.78, 5) is 34.7. The SMILES string of the molecule is O=C(CN(Cc1cccnc1)C(=O)/C=C/c1ccncc1)Nc1ccc(Cl)cc1. The summed E-state index contributed by atoms with van der Waals surface area (Å²) in [6.45, 7) is 0.165. The number of carbonyl (C=O) groups is 2. The van der Waals surface area contributed by atoms with Gasteiger partial charge in [-0.3, -0.25) is 19.6 Å². The first-order valence-electron chi connectivity index (χ1n) is 8.91. The third-order valence-electron chi connectivity index (χ3n) is 3.99. The molecule has 0 fully saturated rings. The first-order chi connectivity index (χ1) is 14.1. The van der Waals surface area contributed by atoms with Gasteiger partial charge in [0.25, 0.3) is 0 Å². The number of rotatable bonds is 7. The Morgan fingerprint density at radius 2 is 1.76 bits per heavy atom. The highest BCUT2D eigenvalue weighted by Gasteiger charge is 2.16. The van der Waals surface area contributed by atoms with Crippen LogP contribution in [-0.2, 0) is 16.1 Å². The molecule has 0 aliphatic heterocycles. The second kappa shape index (κ2) is 10.1. The zero-order valence-corrected chi connectivity index (χ0v) is 16.3. The lowest BCUT2D eigenvalue weighted by molar-refractivity contribution is -0.131. The summed E-state index contributed by atoms with van der Waals surface area (Å²) >= 11 is 5.87. The minimum atomic E-state index is -0.304. The second-order valence-corrected chi connectivity index (χ2v) is 6.66. The number of benzene rings is 1. The molecule has 2 aromatic heterocycles. The average Bonchev–Trinajstić information content (AvgIpc) is 2.74. The van der Waals surface area contributed by atoms with Crippen molar-refractivity contribution >= 4 is 35.2 Å². The van der Waals surface area contributed by atoms with Gasteiger partial charge in [-0.2, -0.15) is 0 Å². The number of carbonyl (C=O) groups excluding carboxylic acids is 2. The van der Waals surface area contributed by atoms with Crippen molar-refractivity contribution in [3.05, 3.63) is 95.5 Å². The molecule has 6 nitrogen and oxygen atoms in total. The lowest BCUT2D eigenvalue weighted by Gasteiger charge is -2.21. The van der Waals surface area contributed by atoms with Gasteiger partial charge >= 0.3 is 0 Å². The molecule has 0 unspecified atom stereocenters. The predicted octanol–water partition coefficient (Wildman–Crippen LogP) is 3.81. The summed E-state index contributed by atoms with van der Waals surface area (Å²) in [7, 11) is 0. The van der Waals surface area contributed by atoms with Gasteiger partial charge in [-0.15, -0.1) is 0 Å². The summed E-state index contributed by atoms with van der Waals surface area (Å²) in [5.41, 5.74) is 2.29. The normalized spacial score (nSPS) is 10.7. The highest BCUT2D eigenvalue weighted by atomic mass is 35.5. The van der Waals surface area contributed by atoms with Gasteiger partial charge in [-0.1, -0.05) is 17.7 Å². The van der Waals surface area contributed by atoms with E-state index < -0.39 is 0 Å². The minimum Gasteiger partial charge on any atom is -0.325 e. The lowest BCUT2D eigenvalue weighted by Crippen LogP contribution is -2.36. The molecular weight excluding hydrogens is 388 g/mol. The Morgan fingerprint density at radius 1 is 1.00 bits per heavy atom. The van der Waals surface area contributed by atoms with Gasteiger partial charge in [-0.25, -0.2) is 0 Å². The van der Waals surface area contributed by atoms with E-state index in [-0.39, 0.29) is 24.9 Å². The monoisotopic (exact) mass is 406 g/mol. The summed E-state index contributed by atoms with van der Waals surface area (Å²) in [5, 5.41) is 3.36. The van der Waals surface area contributed by atoms with Gasteiger partial charge in [0, 0.05) is 48.1 Å². The fourth-order valence-corrected chi connectivity index (χ4v) is 2.70. The van der Waals surface area contributed by atoms with E-state index >= 15 is 0 Å². The molecule has 146 valence electrons. The number of hydrogen-bond acceptors (Lipinski definition) is 4. The maximum atomic E-state index is 12.8. The number of halogens is 1. The molecule has 2 heterocycles. The molecule has 3 rings (SSSR count). The maximum absolute atomic E-state index is 12.8. The zero-order chi connectivity index (χ0) is 20.5. The van der Waals surface area contributed by atoms with Crippen LogP contribution in [0.3, 0.4) is 0 Å². The van der Waals surface area contributed by atoms with Crippen LogP contribution in [0.5, 0.6) is 0 Å². The summed E-state index contributed by atoms with van der Waals surface area (Å²) < 4.78 is 0. The first-order valence-corrected chi connectivity index (χ1v) is 9.29. The molecule has 29 heavy (non-hydrogen) atoms. The van der Waals surface area contributed by atoms with Crippen LogP contribution in [0.15, 0.2) is 79.4 Å². The van der Waals surface area contributed by atoms with Crippen LogP contribution >= 0.6 is 11.6 Å². The Balaban J connectivity index is 1.71. The Labute approximate surface area is 173 Å². The van der Waals surface area contributed by atoms with Crippen molar-refractivity contribution in [1.29, 1.82) is 0 Å². The summed E-state index contributed by atoms with van der Waals surface area (Å²) in [5.74, 6) is -0.584. The number of hydrogen-bond donors (Lipinski definition) is 1. The largest absolute Gasteiger partial charge is 0.325 e. The Morgan fingerprint density at radius 3 is 2.45 bits per heavy atom. The standard InChI is InChI=1S/C22H19ClN4O2/c23-19-4-6-20(7-5-19)26-21(28)16-27(15-18-2-1-11-25-14-18)22(29)8-3-17-9-12-24-13-10-17/h1-14H,15-16H2,(H,26,28)/b8-3+. The van der Waals surface area contributed by atoms with Crippen LogP contribution in [0, 0.1) is 0 Å². The van der Waals surface area contributed by atoms with Crippen molar-refractivity contribution in [3.8, 4) is 0 Å². The van der Waals surface area contributed by atoms with Gasteiger partial charge in [-0.05, 0) is 59.7 Å². The quantitative estimate of drug-likeness (QED) is 0.605. The molecule has 0 spiro atoms. The molecule has 0 aliphatic rings. The molecule has 0 saturated carbocycles. The van der Waals surface area contributed by atoms with Crippen LogP contribution in [0.1, 0.15) is 11.1 Å². The first kappa shape index (κ1) is 20.2. The van der Waals surface area contributed by atoms with Crippen molar-refractivity contribution in [1.82, 2.24) is 14.9 Å². The molecule has 0 saturated heterocycles. The number of aromatic nitrogens is 2. The van der Waals surface area contributed by atoms with E-state index in [0.29, 0.717) is 10.7 Å². The van der Waals surface area contributed by atoms with E-state index in [1.54, 1.807) is 73.3 Å². The molecule has 7 heteroatoms. The topological polar surface area (TPSA) is 75.2 Å². The van der Waals surface area contributed by atoms with Crippen LogP contribution in [-0.4, -0.2) is 33.2 Å². The third kappa shape index (κ3) is 6.55. The van der Waals surface area contributed by atoms with E-state index in [1.165, 1.54) is 11.0 Å². The molecule has 0 atom stereocenters. The van der Waals surface area contributed by atoms with Crippen molar-refractivity contribution in [2.24, 2.45) is 0 Å². The number of pyridine rings is 2. The van der Waals surface area contributed by atoms with Crippen molar-refractivity contribution in [2.45, 2.75) is 6.54 Å². The van der Waals surface area contributed by atoms with Crippen molar-refractivity contribution in [2.75, 3.05) is 11.9 Å². The zero-order valence-electron chi connectivity index (χ0n) is 15.5. The van der Waals surface area contributed by atoms with E-state index in [4.69, 9.17) is 11.6 Å². The van der Waals surface area contributed by atoms with Crippen molar-refractivity contribution < 1.29 is 9.59 Å². The number of nitrogens with zero attached hydrogens (tertiary/aromatic N) is 3. The third-order valence-corrected chi connectivity index (χ3v) is 4.25. The Bertz CT molecular complexity index is 977.